The van der Waals surface area contributed by atoms with Gasteiger partial charge in [0.15, 0.2) is 0 Å². The fourth-order valence-corrected chi connectivity index (χ4v) is 1.42. The Bertz CT molecular complexity index is 297. The number of hydrogen-bond acceptors (Lipinski definition) is 0. The van der Waals surface area contributed by atoms with Crippen molar-refractivity contribution in [1.29, 1.82) is 0 Å². The molecule has 0 aliphatic rings. The standard InChI is InChI=1S/C13H17/c1-5-10(3)13-8-7-11(4)12(6-2)9-13/h5,7-9H,1,6H2,2-4H3. The molecule has 1 aromatic rings. The van der Waals surface area contributed by atoms with Crippen LogP contribution in [0.15, 0.2) is 30.9 Å². The summed E-state index contributed by atoms with van der Waals surface area (Å²) in [5, 5.41) is 0. The molecule has 0 saturated heterocycles. The zero-order valence-electron chi connectivity index (χ0n) is 8.72. The van der Waals surface area contributed by atoms with Crippen molar-refractivity contribution in [3.8, 4) is 0 Å². The van der Waals surface area contributed by atoms with E-state index in [0.717, 1.165) is 6.42 Å². The summed E-state index contributed by atoms with van der Waals surface area (Å²) in [4.78, 5) is 0. The van der Waals surface area contributed by atoms with Crippen molar-refractivity contribution in [2.45, 2.75) is 27.2 Å². The molecule has 0 N–H and O–H groups in total. The Hall–Kier alpha value is -1.04. The van der Waals surface area contributed by atoms with Crippen LogP contribution >= 0.6 is 0 Å². The van der Waals surface area contributed by atoms with Crippen LogP contribution in [0.1, 0.15) is 30.5 Å². The van der Waals surface area contributed by atoms with E-state index in [9.17, 15) is 0 Å². The summed E-state index contributed by atoms with van der Waals surface area (Å²) in [6.45, 7) is 10.2. The SMILES string of the molecule is C=C[C](C)c1ccc(C)c(CC)c1. The van der Waals surface area contributed by atoms with Crippen molar-refractivity contribution < 1.29 is 0 Å². The second kappa shape index (κ2) is 4.27. The van der Waals surface area contributed by atoms with Gasteiger partial charge >= 0.3 is 0 Å². The predicted molar refractivity (Wildman–Crippen MR) is 58.8 cm³/mol. The number of benzene rings is 1. The zero-order valence-corrected chi connectivity index (χ0v) is 8.72. The van der Waals surface area contributed by atoms with E-state index in [0.29, 0.717) is 0 Å². The summed E-state index contributed by atoms with van der Waals surface area (Å²) in [5.41, 5.74) is 4.10. The van der Waals surface area contributed by atoms with E-state index in [-0.39, 0.29) is 0 Å². The van der Waals surface area contributed by atoms with Crippen molar-refractivity contribution in [3.05, 3.63) is 53.5 Å². The molecular formula is C13H17. The third-order valence-corrected chi connectivity index (χ3v) is 2.49. The van der Waals surface area contributed by atoms with Crippen LogP contribution < -0.4 is 0 Å². The van der Waals surface area contributed by atoms with Crippen molar-refractivity contribution in [3.63, 3.8) is 0 Å². The van der Waals surface area contributed by atoms with Gasteiger partial charge in [0.1, 0.15) is 0 Å². The molecule has 1 radical (unpaired) electrons. The molecule has 0 amide bonds. The molecule has 0 aliphatic heterocycles. The van der Waals surface area contributed by atoms with Crippen LogP contribution in [0.5, 0.6) is 0 Å². The molecule has 0 saturated carbocycles. The largest absolute Gasteiger partial charge is 0.102 e. The van der Waals surface area contributed by atoms with E-state index in [1.807, 2.05) is 6.08 Å². The molecule has 0 atom stereocenters. The van der Waals surface area contributed by atoms with Gasteiger partial charge in [0, 0.05) is 5.92 Å². The molecule has 0 unspecified atom stereocenters. The molecule has 0 nitrogen and oxygen atoms in total. The van der Waals surface area contributed by atoms with Crippen molar-refractivity contribution in [2.75, 3.05) is 0 Å². The van der Waals surface area contributed by atoms with Gasteiger partial charge in [0.2, 0.25) is 0 Å². The lowest BCUT2D eigenvalue weighted by molar-refractivity contribution is 1.09. The van der Waals surface area contributed by atoms with Gasteiger partial charge in [-0.05, 0) is 30.0 Å². The molecule has 1 aromatic carbocycles. The van der Waals surface area contributed by atoms with Gasteiger partial charge in [-0.2, -0.15) is 0 Å². The molecule has 13 heavy (non-hydrogen) atoms. The fraction of sp³-hybridized carbons (Fsp3) is 0.308. The van der Waals surface area contributed by atoms with Crippen LogP contribution in [0.4, 0.5) is 0 Å². The predicted octanol–water partition coefficient (Wildman–Crippen LogP) is 3.69. The molecule has 0 heterocycles. The second-order valence-electron chi connectivity index (χ2n) is 3.38. The van der Waals surface area contributed by atoms with E-state index >= 15 is 0 Å². The summed E-state index contributed by atoms with van der Waals surface area (Å²) >= 11 is 0. The van der Waals surface area contributed by atoms with Crippen LogP contribution in [0.3, 0.4) is 0 Å². The summed E-state index contributed by atoms with van der Waals surface area (Å²) in [5.74, 6) is 1.25. The van der Waals surface area contributed by atoms with Crippen molar-refractivity contribution >= 4 is 0 Å². The first-order chi connectivity index (χ1) is 6.19. The Morgan fingerprint density at radius 3 is 2.69 bits per heavy atom. The van der Waals surface area contributed by atoms with Gasteiger partial charge < -0.3 is 0 Å². The molecule has 0 spiro atoms. The van der Waals surface area contributed by atoms with Gasteiger partial charge in [-0.15, -0.1) is 6.58 Å². The highest BCUT2D eigenvalue weighted by molar-refractivity contribution is 5.40. The average molecular weight is 173 g/mol. The molecule has 69 valence electrons. The number of allylic oxidation sites excluding steroid dienone is 1. The van der Waals surface area contributed by atoms with Gasteiger partial charge in [-0.25, -0.2) is 0 Å². The Balaban J connectivity index is 3.05. The first kappa shape index (κ1) is 10.0. The average Bonchev–Trinajstić information content (AvgIpc) is 2.17. The molecule has 0 aliphatic carbocycles. The first-order valence-corrected chi connectivity index (χ1v) is 4.75. The van der Waals surface area contributed by atoms with Crippen LogP contribution in [-0.2, 0) is 6.42 Å². The molecule has 0 fully saturated rings. The topological polar surface area (TPSA) is 0 Å². The third kappa shape index (κ3) is 2.21. The summed E-state index contributed by atoms with van der Waals surface area (Å²) < 4.78 is 0. The van der Waals surface area contributed by atoms with Gasteiger partial charge in [0.05, 0.1) is 0 Å². The third-order valence-electron chi connectivity index (χ3n) is 2.49. The maximum Gasteiger partial charge on any atom is 0.0230 e. The number of aryl methyl sites for hydroxylation is 2. The van der Waals surface area contributed by atoms with Gasteiger partial charge in [-0.3, -0.25) is 0 Å². The van der Waals surface area contributed by atoms with E-state index < -0.39 is 0 Å². The fourth-order valence-electron chi connectivity index (χ4n) is 1.42. The Kier molecular flexibility index (Phi) is 3.30. The summed E-state index contributed by atoms with van der Waals surface area (Å²) in [6, 6.07) is 6.60. The summed E-state index contributed by atoms with van der Waals surface area (Å²) in [6.07, 6.45) is 3.01. The van der Waals surface area contributed by atoms with Crippen molar-refractivity contribution in [2.24, 2.45) is 0 Å². The lowest BCUT2D eigenvalue weighted by Gasteiger charge is -2.09. The Labute approximate surface area is 81.3 Å². The number of hydrogen-bond donors (Lipinski definition) is 0. The lowest BCUT2D eigenvalue weighted by Crippen LogP contribution is -1.94. The van der Waals surface area contributed by atoms with Crippen molar-refractivity contribution in [1.82, 2.24) is 0 Å². The van der Waals surface area contributed by atoms with Crippen LogP contribution in [0, 0.1) is 12.8 Å². The second-order valence-corrected chi connectivity index (χ2v) is 3.38. The summed E-state index contributed by atoms with van der Waals surface area (Å²) in [7, 11) is 0. The minimum absolute atomic E-state index is 1.10. The smallest absolute Gasteiger partial charge is 0.0230 e. The molecule has 0 bridgehead atoms. The molecule has 0 aromatic heterocycles. The Morgan fingerprint density at radius 2 is 2.15 bits per heavy atom. The van der Waals surface area contributed by atoms with Gasteiger partial charge in [0.25, 0.3) is 0 Å². The van der Waals surface area contributed by atoms with E-state index in [1.54, 1.807) is 0 Å². The minimum atomic E-state index is 1.10. The van der Waals surface area contributed by atoms with Crippen LogP contribution in [0.2, 0.25) is 0 Å². The highest BCUT2D eigenvalue weighted by Gasteiger charge is 2.03. The minimum Gasteiger partial charge on any atom is -0.102 e. The Morgan fingerprint density at radius 1 is 1.46 bits per heavy atom. The van der Waals surface area contributed by atoms with E-state index in [4.69, 9.17) is 0 Å². The highest BCUT2D eigenvalue weighted by atomic mass is 14.1. The van der Waals surface area contributed by atoms with E-state index in [1.165, 1.54) is 22.6 Å². The maximum absolute atomic E-state index is 3.78. The first-order valence-electron chi connectivity index (χ1n) is 4.75. The monoisotopic (exact) mass is 173 g/mol. The lowest BCUT2D eigenvalue weighted by atomic mass is 9.96. The maximum atomic E-state index is 3.78. The van der Waals surface area contributed by atoms with Crippen LogP contribution in [-0.4, -0.2) is 0 Å². The van der Waals surface area contributed by atoms with Crippen LogP contribution in [0.25, 0.3) is 0 Å². The quantitative estimate of drug-likeness (QED) is 0.654. The molecule has 1 rings (SSSR count). The molecular weight excluding hydrogens is 156 g/mol. The highest BCUT2D eigenvalue weighted by Crippen LogP contribution is 2.19. The normalized spacial score (nSPS) is 10.5. The van der Waals surface area contributed by atoms with Gasteiger partial charge in [-0.1, -0.05) is 38.1 Å². The van der Waals surface area contributed by atoms with E-state index in [2.05, 4.69) is 45.5 Å². The molecule has 0 heteroatoms. The number of rotatable bonds is 3. The zero-order chi connectivity index (χ0) is 9.84.